The second-order valence-electron chi connectivity index (χ2n) is 5.17. The van der Waals surface area contributed by atoms with Gasteiger partial charge in [-0.2, -0.15) is 5.10 Å². The van der Waals surface area contributed by atoms with Crippen LogP contribution in [0.1, 0.15) is 36.4 Å². The number of hydrogen-bond acceptors (Lipinski definition) is 3. The van der Waals surface area contributed by atoms with E-state index in [1.54, 1.807) is 0 Å². The smallest absolute Gasteiger partial charge is 0.145 e. The summed E-state index contributed by atoms with van der Waals surface area (Å²) in [6, 6.07) is 3.97. The fourth-order valence-corrected chi connectivity index (χ4v) is 2.80. The van der Waals surface area contributed by atoms with Gasteiger partial charge in [0.25, 0.3) is 0 Å². The van der Waals surface area contributed by atoms with Gasteiger partial charge in [0.15, 0.2) is 0 Å². The molecular formula is C16H22ClN3O. The molecule has 2 aromatic rings. The van der Waals surface area contributed by atoms with Crippen LogP contribution in [-0.4, -0.2) is 9.78 Å². The lowest BCUT2D eigenvalue weighted by Gasteiger charge is -2.13. The molecule has 5 heteroatoms. The monoisotopic (exact) mass is 307 g/mol. The Bertz CT molecular complexity index is 626. The highest BCUT2D eigenvalue weighted by molar-refractivity contribution is 6.31. The number of ether oxygens (including phenoxy) is 1. The van der Waals surface area contributed by atoms with Crippen LogP contribution in [0.4, 0.5) is 5.69 Å². The van der Waals surface area contributed by atoms with Crippen molar-refractivity contribution >= 4 is 17.3 Å². The third kappa shape index (κ3) is 3.16. The lowest BCUT2D eigenvalue weighted by molar-refractivity contribution is 0.292. The van der Waals surface area contributed by atoms with Crippen LogP contribution >= 0.6 is 11.6 Å². The predicted molar refractivity (Wildman–Crippen MR) is 86.9 cm³/mol. The van der Waals surface area contributed by atoms with Gasteiger partial charge >= 0.3 is 0 Å². The van der Waals surface area contributed by atoms with Crippen molar-refractivity contribution in [2.45, 2.75) is 47.3 Å². The molecular weight excluding hydrogens is 286 g/mol. The fourth-order valence-electron chi connectivity index (χ4n) is 2.48. The average Bonchev–Trinajstić information content (AvgIpc) is 2.73. The molecule has 1 aromatic carbocycles. The van der Waals surface area contributed by atoms with Crippen LogP contribution in [0.3, 0.4) is 0 Å². The molecule has 21 heavy (non-hydrogen) atoms. The van der Waals surface area contributed by atoms with E-state index in [-0.39, 0.29) is 0 Å². The lowest BCUT2D eigenvalue weighted by Crippen LogP contribution is -2.08. The van der Waals surface area contributed by atoms with Gasteiger partial charge in [0.2, 0.25) is 0 Å². The third-order valence-corrected chi connectivity index (χ3v) is 3.93. The molecule has 0 saturated carbocycles. The van der Waals surface area contributed by atoms with Crippen LogP contribution in [-0.2, 0) is 19.6 Å². The normalized spacial score (nSPS) is 10.9. The molecule has 0 fully saturated rings. The molecule has 4 nitrogen and oxygen atoms in total. The summed E-state index contributed by atoms with van der Waals surface area (Å²) >= 11 is 6.38. The van der Waals surface area contributed by atoms with Crippen molar-refractivity contribution in [3.05, 3.63) is 39.7 Å². The van der Waals surface area contributed by atoms with Crippen molar-refractivity contribution in [3.63, 3.8) is 0 Å². The van der Waals surface area contributed by atoms with Crippen LogP contribution in [0.2, 0.25) is 5.02 Å². The van der Waals surface area contributed by atoms with Crippen molar-refractivity contribution in [1.82, 2.24) is 9.78 Å². The minimum Gasteiger partial charge on any atom is -0.485 e. The summed E-state index contributed by atoms with van der Waals surface area (Å²) < 4.78 is 7.81. The van der Waals surface area contributed by atoms with Gasteiger partial charge < -0.3 is 10.5 Å². The number of anilines is 1. The molecule has 0 aliphatic rings. The van der Waals surface area contributed by atoms with Gasteiger partial charge in [-0.15, -0.1) is 0 Å². The van der Waals surface area contributed by atoms with E-state index in [1.807, 2.05) is 38.4 Å². The average molecular weight is 308 g/mol. The number of nitrogens with two attached hydrogens (primary N) is 1. The largest absolute Gasteiger partial charge is 0.485 e. The Morgan fingerprint density at radius 1 is 1.29 bits per heavy atom. The molecule has 0 amide bonds. The number of nitrogen functional groups attached to an aromatic ring is 1. The van der Waals surface area contributed by atoms with Gasteiger partial charge in [-0.3, -0.25) is 4.68 Å². The molecule has 114 valence electrons. The second kappa shape index (κ2) is 6.39. The van der Waals surface area contributed by atoms with Crippen molar-refractivity contribution in [1.29, 1.82) is 0 Å². The van der Waals surface area contributed by atoms with Crippen molar-refractivity contribution in [2.75, 3.05) is 5.73 Å². The molecule has 1 heterocycles. The van der Waals surface area contributed by atoms with Crippen LogP contribution in [0.25, 0.3) is 0 Å². The summed E-state index contributed by atoms with van der Waals surface area (Å²) in [5.74, 6) is 0.721. The van der Waals surface area contributed by atoms with Crippen LogP contribution < -0.4 is 10.5 Å². The maximum Gasteiger partial charge on any atom is 0.145 e. The van der Waals surface area contributed by atoms with E-state index in [0.29, 0.717) is 17.3 Å². The molecule has 0 saturated heterocycles. The summed E-state index contributed by atoms with van der Waals surface area (Å²) in [7, 11) is 0. The minimum absolute atomic E-state index is 0.369. The van der Waals surface area contributed by atoms with Crippen LogP contribution in [0.15, 0.2) is 12.1 Å². The van der Waals surface area contributed by atoms with Gasteiger partial charge in [0.1, 0.15) is 12.4 Å². The molecule has 2 N–H and O–H groups in total. The minimum atomic E-state index is 0.369. The van der Waals surface area contributed by atoms with Crippen molar-refractivity contribution in [3.8, 4) is 5.75 Å². The highest BCUT2D eigenvalue weighted by atomic mass is 35.5. The summed E-state index contributed by atoms with van der Waals surface area (Å²) in [6.45, 7) is 9.23. The van der Waals surface area contributed by atoms with Crippen LogP contribution in [0.5, 0.6) is 5.75 Å². The number of hydrogen-bond donors (Lipinski definition) is 1. The molecule has 0 radical (unpaired) electrons. The van der Waals surface area contributed by atoms with Crippen molar-refractivity contribution < 1.29 is 4.74 Å². The van der Waals surface area contributed by atoms with E-state index in [4.69, 9.17) is 22.1 Å². The zero-order valence-corrected chi connectivity index (χ0v) is 13.8. The first-order valence-corrected chi connectivity index (χ1v) is 7.59. The van der Waals surface area contributed by atoms with Crippen LogP contribution in [0, 0.1) is 13.8 Å². The SMILES string of the molecule is CCc1nn(CC)c(COc2c(C)cc(C)cc2N)c1Cl. The maximum atomic E-state index is 6.38. The topological polar surface area (TPSA) is 53.1 Å². The number of benzene rings is 1. The first kappa shape index (κ1) is 15.7. The lowest BCUT2D eigenvalue weighted by atomic mass is 10.1. The standard InChI is InChI=1S/C16H22ClN3O/c1-5-13-15(17)14(20(6-2)19-13)9-21-16-11(4)7-10(3)8-12(16)18/h7-8H,5-6,9,18H2,1-4H3. The Hall–Kier alpha value is -1.68. The summed E-state index contributed by atoms with van der Waals surface area (Å²) in [5.41, 5.74) is 10.7. The Balaban J connectivity index is 2.26. The molecule has 0 unspecified atom stereocenters. The van der Waals surface area contributed by atoms with E-state index in [2.05, 4.69) is 11.2 Å². The Labute approximate surface area is 130 Å². The van der Waals surface area contributed by atoms with Gasteiger partial charge in [0.05, 0.1) is 22.1 Å². The number of nitrogens with zero attached hydrogens (tertiary/aromatic N) is 2. The van der Waals surface area contributed by atoms with E-state index in [9.17, 15) is 0 Å². The van der Waals surface area contributed by atoms with Crippen molar-refractivity contribution in [2.24, 2.45) is 0 Å². The summed E-state index contributed by atoms with van der Waals surface area (Å²) in [5, 5.41) is 5.19. The Morgan fingerprint density at radius 3 is 2.57 bits per heavy atom. The molecule has 2 rings (SSSR count). The van der Waals surface area contributed by atoms with Gasteiger partial charge in [-0.05, 0) is 44.4 Å². The quantitative estimate of drug-likeness (QED) is 0.852. The molecule has 0 bridgehead atoms. The molecule has 0 atom stereocenters. The van der Waals surface area contributed by atoms with E-state index < -0.39 is 0 Å². The Kier molecular flexibility index (Phi) is 4.78. The van der Waals surface area contributed by atoms with Gasteiger partial charge in [-0.25, -0.2) is 0 Å². The van der Waals surface area contributed by atoms with E-state index >= 15 is 0 Å². The fraction of sp³-hybridized carbons (Fsp3) is 0.438. The highest BCUT2D eigenvalue weighted by Crippen LogP contribution is 2.30. The first-order valence-electron chi connectivity index (χ1n) is 7.21. The number of aryl methyl sites for hydroxylation is 4. The third-order valence-electron chi connectivity index (χ3n) is 3.50. The zero-order chi connectivity index (χ0) is 15.6. The zero-order valence-electron chi connectivity index (χ0n) is 13.0. The molecule has 0 aliphatic carbocycles. The summed E-state index contributed by atoms with van der Waals surface area (Å²) in [6.07, 6.45) is 0.810. The predicted octanol–water partition coefficient (Wildman–Crippen LogP) is 3.90. The second-order valence-corrected chi connectivity index (χ2v) is 5.54. The number of rotatable bonds is 5. The first-order chi connectivity index (χ1) is 9.97. The van der Waals surface area contributed by atoms with E-state index in [0.717, 1.165) is 41.2 Å². The molecule has 0 spiro atoms. The van der Waals surface area contributed by atoms with E-state index in [1.165, 1.54) is 0 Å². The highest BCUT2D eigenvalue weighted by Gasteiger charge is 2.16. The van der Waals surface area contributed by atoms with Gasteiger partial charge in [0, 0.05) is 6.54 Å². The number of aromatic nitrogens is 2. The van der Waals surface area contributed by atoms with Gasteiger partial charge in [-0.1, -0.05) is 24.6 Å². The molecule has 1 aromatic heterocycles. The number of halogens is 1. The Morgan fingerprint density at radius 2 is 2.00 bits per heavy atom. The maximum absolute atomic E-state index is 6.38. The molecule has 0 aliphatic heterocycles. The summed E-state index contributed by atoms with van der Waals surface area (Å²) in [4.78, 5) is 0.